The number of β-lactam (4-membered cyclic amide) rings is 1. The van der Waals surface area contributed by atoms with Crippen LogP contribution in [-0.4, -0.2) is 33.4 Å². The molecule has 1 saturated heterocycles. The molecule has 3 aromatic rings. The first kappa shape index (κ1) is 16.2. The first-order valence-electron chi connectivity index (χ1n) is 8.67. The van der Waals surface area contributed by atoms with Crippen LogP contribution >= 0.6 is 0 Å². The van der Waals surface area contributed by atoms with Crippen LogP contribution in [0.3, 0.4) is 0 Å². The number of carbonyl (C=O) groups excluding carboxylic acids is 1. The monoisotopic (exact) mass is 345 g/mol. The molecule has 1 aromatic carbocycles. The molecule has 1 aliphatic rings. The van der Waals surface area contributed by atoms with Gasteiger partial charge in [0.15, 0.2) is 5.82 Å². The highest BCUT2D eigenvalue weighted by Gasteiger charge is 2.37. The van der Waals surface area contributed by atoms with Crippen LogP contribution in [-0.2, 0) is 11.2 Å². The van der Waals surface area contributed by atoms with Gasteiger partial charge in [-0.3, -0.25) is 9.78 Å². The SMILES string of the molecule is CCc1cc(NC2CN(c3ccccc3)C2=O)nc(-c2ccccn2)n1. The van der Waals surface area contributed by atoms with Gasteiger partial charge in [0.25, 0.3) is 5.91 Å². The van der Waals surface area contributed by atoms with Crippen LogP contribution in [0.4, 0.5) is 11.5 Å². The van der Waals surface area contributed by atoms with Gasteiger partial charge >= 0.3 is 0 Å². The average molecular weight is 345 g/mol. The third-order valence-corrected chi connectivity index (χ3v) is 4.35. The maximum Gasteiger partial charge on any atom is 0.251 e. The van der Waals surface area contributed by atoms with Crippen LogP contribution in [0.5, 0.6) is 0 Å². The number of nitrogens with zero attached hydrogens (tertiary/aromatic N) is 4. The third kappa shape index (κ3) is 3.13. The molecule has 0 bridgehead atoms. The van der Waals surface area contributed by atoms with Gasteiger partial charge in [-0.15, -0.1) is 0 Å². The second-order valence-corrected chi connectivity index (χ2v) is 6.12. The Bertz CT molecular complexity index is 914. The summed E-state index contributed by atoms with van der Waals surface area (Å²) in [5, 5.41) is 3.24. The lowest BCUT2D eigenvalue weighted by atomic mass is 10.1. The molecule has 1 aliphatic heterocycles. The van der Waals surface area contributed by atoms with Gasteiger partial charge in [0.1, 0.15) is 17.6 Å². The van der Waals surface area contributed by atoms with E-state index in [0.29, 0.717) is 18.2 Å². The van der Waals surface area contributed by atoms with E-state index in [0.717, 1.165) is 23.5 Å². The molecule has 1 atom stereocenters. The standard InChI is InChI=1S/C20H19N5O/c1-2-14-12-18(24-19(22-14)16-10-6-7-11-21-16)23-17-13-25(20(17)26)15-8-4-3-5-9-15/h3-12,17H,2,13H2,1H3,(H,22,23,24). The summed E-state index contributed by atoms with van der Waals surface area (Å²) in [6.07, 6.45) is 2.50. The van der Waals surface area contributed by atoms with Crippen LogP contribution in [0.25, 0.3) is 11.5 Å². The number of rotatable bonds is 5. The number of benzene rings is 1. The lowest BCUT2D eigenvalue weighted by Gasteiger charge is -2.38. The van der Waals surface area contributed by atoms with Gasteiger partial charge in [-0.05, 0) is 30.7 Å². The van der Waals surface area contributed by atoms with Crippen molar-refractivity contribution in [1.82, 2.24) is 15.0 Å². The Morgan fingerprint density at radius 3 is 2.62 bits per heavy atom. The predicted molar refractivity (Wildman–Crippen MR) is 101 cm³/mol. The summed E-state index contributed by atoms with van der Waals surface area (Å²) in [6.45, 7) is 2.66. The number of hydrogen-bond acceptors (Lipinski definition) is 5. The normalized spacial score (nSPS) is 16.3. The largest absolute Gasteiger partial charge is 0.357 e. The van der Waals surface area contributed by atoms with Crippen molar-refractivity contribution < 1.29 is 4.79 Å². The predicted octanol–water partition coefficient (Wildman–Crippen LogP) is 2.93. The minimum atomic E-state index is -0.272. The molecule has 130 valence electrons. The molecule has 1 fully saturated rings. The van der Waals surface area contributed by atoms with Gasteiger partial charge in [-0.2, -0.15) is 0 Å². The highest BCUT2D eigenvalue weighted by atomic mass is 16.2. The quantitative estimate of drug-likeness (QED) is 0.720. The van der Waals surface area contributed by atoms with E-state index < -0.39 is 0 Å². The van der Waals surface area contributed by atoms with E-state index >= 15 is 0 Å². The zero-order chi connectivity index (χ0) is 17.9. The van der Waals surface area contributed by atoms with Crippen molar-refractivity contribution in [2.75, 3.05) is 16.8 Å². The zero-order valence-corrected chi connectivity index (χ0v) is 14.5. The minimum absolute atomic E-state index is 0.0484. The van der Waals surface area contributed by atoms with E-state index in [1.54, 1.807) is 11.1 Å². The van der Waals surface area contributed by atoms with E-state index in [9.17, 15) is 4.79 Å². The summed E-state index contributed by atoms with van der Waals surface area (Å²) in [4.78, 5) is 27.7. The Labute approximate surface area is 151 Å². The first-order chi connectivity index (χ1) is 12.7. The molecule has 0 radical (unpaired) electrons. The van der Waals surface area contributed by atoms with Crippen molar-refractivity contribution in [2.45, 2.75) is 19.4 Å². The fourth-order valence-electron chi connectivity index (χ4n) is 2.91. The Hall–Kier alpha value is -3.28. The molecular formula is C20H19N5O. The van der Waals surface area contributed by atoms with Gasteiger partial charge in [-0.25, -0.2) is 9.97 Å². The number of hydrogen-bond donors (Lipinski definition) is 1. The number of amides is 1. The zero-order valence-electron chi connectivity index (χ0n) is 14.5. The summed E-state index contributed by atoms with van der Waals surface area (Å²) in [6, 6.07) is 16.9. The molecule has 26 heavy (non-hydrogen) atoms. The number of para-hydroxylation sites is 1. The van der Waals surface area contributed by atoms with E-state index in [-0.39, 0.29) is 11.9 Å². The van der Waals surface area contributed by atoms with Gasteiger partial charge in [0.05, 0.1) is 6.54 Å². The van der Waals surface area contributed by atoms with Crippen molar-refractivity contribution in [3.05, 3.63) is 66.5 Å². The molecule has 6 nitrogen and oxygen atoms in total. The van der Waals surface area contributed by atoms with Gasteiger partial charge in [0.2, 0.25) is 0 Å². The summed E-state index contributed by atoms with van der Waals surface area (Å²) < 4.78 is 0. The molecule has 1 N–H and O–H groups in total. The molecule has 6 heteroatoms. The van der Waals surface area contributed by atoms with Crippen molar-refractivity contribution >= 4 is 17.4 Å². The molecule has 0 saturated carbocycles. The van der Waals surface area contributed by atoms with Crippen LogP contribution in [0.1, 0.15) is 12.6 Å². The summed E-state index contributed by atoms with van der Waals surface area (Å²) in [5.74, 6) is 1.27. The average Bonchev–Trinajstić information content (AvgIpc) is 2.71. The highest BCUT2D eigenvalue weighted by molar-refractivity contribution is 6.05. The number of aryl methyl sites for hydroxylation is 1. The van der Waals surface area contributed by atoms with Crippen molar-refractivity contribution in [2.24, 2.45) is 0 Å². The third-order valence-electron chi connectivity index (χ3n) is 4.35. The Kier molecular flexibility index (Phi) is 4.31. The lowest BCUT2D eigenvalue weighted by Crippen LogP contribution is -2.60. The fourth-order valence-corrected chi connectivity index (χ4v) is 2.91. The number of nitrogens with one attached hydrogen (secondary N) is 1. The van der Waals surface area contributed by atoms with E-state index in [2.05, 4.69) is 20.3 Å². The maximum absolute atomic E-state index is 12.5. The van der Waals surface area contributed by atoms with Crippen LogP contribution < -0.4 is 10.2 Å². The second-order valence-electron chi connectivity index (χ2n) is 6.12. The first-order valence-corrected chi connectivity index (χ1v) is 8.67. The van der Waals surface area contributed by atoms with Crippen molar-refractivity contribution in [3.63, 3.8) is 0 Å². The van der Waals surface area contributed by atoms with Crippen molar-refractivity contribution in [3.8, 4) is 11.5 Å². The molecule has 1 unspecified atom stereocenters. The fraction of sp³-hybridized carbons (Fsp3) is 0.200. The van der Waals surface area contributed by atoms with Crippen LogP contribution in [0.15, 0.2) is 60.8 Å². The molecule has 0 spiro atoms. The Balaban J connectivity index is 1.53. The smallest absolute Gasteiger partial charge is 0.251 e. The topological polar surface area (TPSA) is 71.0 Å². The molecular weight excluding hydrogens is 326 g/mol. The molecule has 3 heterocycles. The maximum atomic E-state index is 12.5. The minimum Gasteiger partial charge on any atom is -0.357 e. The molecule has 1 amide bonds. The molecule has 2 aromatic heterocycles. The summed E-state index contributed by atoms with van der Waals surface area (Å²) >= 11 is 0. The summed E-state index contributed by atoms with van der Waals surface area (Å²) in [5.41, 5.74) is 2.55. The van der Waals surface area contributed by atoms with E-state index in [4.69, 9.17) is 0 Å². The van der Waals surface area contributed by atoms with Crippen LogP contribution in [0, 0.1) is 0 Å². The van der Waals surface area contributed by atoms with Gasteiger partial charge in [0, 0.05) is 23.6 Å². The molecule has 0 aliphatic carbocycles. The Morgan fingerprint density at radius 2 is 1.92 bits per heavy atom. The van der Waals surface area contributed by atoms with Crippen LogP contribution in [0.2, 0.25) is 0 Å². The number of anilines is 2. The van der Waals surface area contributed by atoms with E-state index in [1.807, 2.05) is 61.5 Å². The lowest BCUT2D eigenvalue weighted by molar-refractivity contribution is -0.123. The van der Waals surface area contributed by atoms with Gasteiger partial charge < -0.3 is 10.2 Å². The highest BCUT2D eigenvalue weighted by Crippen LogP contribution is 2.24. The van der Waals surface area contributed by atoms with Crippen molar-refractivity contribution in [1.29, 1.82) is 0 Å². The second kappa shape index (κ2) is 6.92. The van der Waals surface area contributed by atoms with E-state index in [1.165, 1.54) is 0 Å². The number of carbonyl (C=O) groups is 1. The number of pyridine rings is 1. The Morgan fingerprint density at radius 1 is 1.12 bits per heavy atom. The number of aromatic nitrogens is 3. The molecule has 4 rings (SSSR count). The van der Waals surface area contributed by atoms with Gasteiger partial charge in [-0.1, -0.05) is 31.2 Å². The summed E-state index contributed by atoms with van der Waals surface area (Å²) in [7, 11) is 0.